The van der Waals surface area contributed by atoms with Crippen molar-refractivity contribution < 1.29 is 0 Å². The first kappa shape index (κ1) is 12.6. The molecule has 104 valence electrons. The van der Waals surface area contributed by atoms with Crippen LogP contribution in [0.5, 0.6) is 0 Å². The van der Waals surface area contributed by atoms with E-state index in [1.165, 1.54) is 41.0 Å². The van der Waals surface area contributed by atoms with Gasteiger partial charge in [-0.15, -0.1) is 11.3 Å². The van der Waals surface area contributed by atoms with Gasteiger partial charge in [0.05, 0.1) is 0 Å². The molecule has 20 heavy (non-hydrogen) atoms. The molecule has 4 rings (SSSR count). The first-order valence-corrected chi connectivity index (χ1v) is 8.59. The second kappa shape index (κ2) is 5.34. The third-order valence-corrected chi connectivity index (χ3v) is 5.63. The normalized spacial score (nSPS) is 18.6. The van der Waals surface area contributed by atoms with Crippen LogP contribution in [0.4, 0.5) is 0 Å². The lowest BCUT2D eigenvalue weighted by atomic mass is 10.1. The molecule has 2 heteroatoms. The Morgan fingerprint density at radius 3 is 2.30 bits per heavy atom. The van der Waals surface area contributed by atoms with Crippen molar-refractivity contribution in [2.24, 2.45) is 11.8 Å². The molecule has 0 radical (unpaired) electrons. The topological polar surface area (TPSA) is 12.0 Å². The number of rotatable bonds is 6. The Kier molecular flexibility index (Phi) is 3.37. The van der Waals surface area contributed by atoms with Crippen LogP contribution in [0.25, 0.3) is 10.4 Å². The molecule has 0 amide bonds. The zero-order chi connectivity index (χ0) is 13.4. The predicted octanol–water partition coefficient (Wildman–Crippen LogP) is 4.69. The Hall–Kier alpha value is -1.12. The van der Waals surface area contributed by atoms with Gasteiger partial charge in [-0.2, -0.15) is 0 Å². The van der Waals surface area contributed by atoms with E-state index in [1.807, 2.05) is 11.3 Å². The average molecular weight is 283 g/mol. The molecular weight excluding hydrogens is 262 g/mol. The summed E-state index contributed by atoms with van der Waals surface area (Å²) >= 11 is 1.93. The molecule has 2 aromatic rings. The van der Waals surface area contributed by atoms with Gasteiger partial charge in [-0.05, 0) is 55.2 Å². The number of hydrogen-bond acceptors (Lipinski definition) is 2. The van der Waals surface area contributed by atoms with E-state index in [1.54, 1.807) is 0 Å². The summed E-state index contributed by atoms with van der Waals surface area (Å²) < 4.78 is 0. The summed E-state index contributed by atoms with van der Waals surface area (Å²) in [5.74, 6) is 1.96. The molecule has 0 bridgehead atoms. The molecule has 1 nitrogen and oxygen atoms in total. The van der Waals surface area contributed by atoms with Gasteiger partial charge in [-0.25, -0.2) is 0 Å². The first-order chi connectivity index (χ1) is 9.90. The van der Waals surface area contributed by atoms with Gasteiger partial charge in [0, 0.05) is 22.3 Å². The second-order valence-electron chi connectivity index (χ2n) is 6.21. The molecule has 0 unspecified atom stereocenters. The van der Waals surface area contributed by atoms with E-state index in [9.17, 15) is 0 Å². The molecule has 0 aliphatic heterocycles. The fraction of sp³-hybridized carbons (Fsp3) is 0.444. The van der Waals surface area contributed by atoms with Crippen LogP contribution in [0.3, 0.4) is 0 Å². The molecule has 2 aliphatic carbocycles. The van der Waals surface area contributed by atoms with Crippen molar-refractivity contribution in [3.05, 3.63) is 47.3 Å². The van der Waals surface area contributed by atoms with E-state index in [0.717, 1.165) is 24.4 Å². The van der Waals surface area contributed by atoms with E-state index < -0.39 is 0 Å². The molecule has 0 saturated heterocycles. The minimum Gasteiger partial charge on any atom is -0.309 e. The maximum absolute atomic E-state index is 3.84. The molecule has 0 spiro atoms. The summed E-state index contributed by atoms with van der Waals surface area (Å²) in [6, 6.07) is 16.1. The zero-order valence-corrected chi connectivity index (χ0v) is 12.5. The molecule has 1 heterocycles. The fourth-order valence-corrected chi connectivity index (χ4v) is 4.04. The van der Waals surface area contributed by atoms with Gasteiger partial charge < -0.3 is 5.32 Å². The molecular formula is C18H21NS. The monoisotopic (exact) mass is 283 g/mol. The van der Waals surface area contributed by atoms with Gasteiger partial charge in [-0.3, -0.25) is 0 Å². The molecule has 2 fully saturated rings. The van der Waals surface area contributed by atoms with Crippen LogP contribution in [0.15, 0.2) is 42.5 Å². The Bertz CT molecular complexity index is 554. The van der Waals surface area contributed by atoms with Crippen molar-refractivity contribution in [3.8, 4) is 10.4 Å². The van der Waals surface area contributed by atoms with Crippen molar-refractivity contribution in [3.63, 3.8) is 0 Å². The lowest BCUT2D eigenvalue weighted by Crippen LogP contribution is -2.32. The van der Waals surface area contributed by atoms with Crippen LogP contribution in [0.2, 0.25) is 0 Å². The van der Waals surface area contributed by atoms with Crippen molar-refractivity contribution in [1.82, 2.24) is 5.32 Å². The molecule has 1 aromatic carbocycles. The summed E-state index contributed by atoms with van der Waals surface area (Å²) in [7, 11) is 0. The highest BCUT2D eigenvalue weighted by Gasteiger charge is 2.40. The summed E-state index contributed by atoms with van der Waals surface area (Å²) in [4.78, 5) is 2.85. The third kappa shape index (κ3) is 2.82. The second-order valence-corrected chi connectivity index (χ2v) is 7.38. The lowest BCUT2D eigenvalue weighted by molar-refractivity contribution is 0.417. The lowest BCUT2D eigenvalue weighted by Gasteiger charge is -2.16. The largest absolute Gasteiger partial charge is 0.309 e. The SMILES string of the molecule is c1ccc(-c2ccc(CNC(C3CC3)C3CC3)s2)cc1. The van der Waals surface area contributed by atoms with E-state index >= 15 is 0 Å². The summed E-state index contributed by atoms with van der Waals surface area (Å²) in [5, 5.41) is 3.84. The minimum absolute atomic E-state index is 0.803. The highest BCUT2D eigenvalue weighted by Crippen LogP contribution is 2.44. The van der Waals surface area contributed by atoms with Crippen LogP contribution in [-0.2, 0) is 6.54 Å². The van der Waals surface area contributed by atoms with Crippen molar-refractivity contribution >= 4 is 11.3 Å². The highest BCUT2D eigenvalue weighted by molar-refractivity contribution is 7.15. The predicted molar refractivity (Wildman–Crippen MR) is 85.8 cm³/mol. The zero-order valence-electron chi connectivity index (χ0n) is 11.7. The quantitative estimate of drug-likeness (QED) is 0.810. The van der Waals surface area contributed by atoms with Gasteiger partial charge >= 0.3 is 0 Å². The van der Waals surface area contributed by atoms with Gasteiger partial charge in [-0.1, -0.05) is 30.3 Å². The number of benzene rings is 1. The Balaban J connectivity index is 1.41. The van der Waals surface area contributed by atoms with Gasteiger partial charge in [0.2, 0.25) is 0 Å². The highest BCUT2D eigenvalue weighted by atomic mass is 32.1. The van der Waals surface area contributed by atoms with Gasteiger partial charge in [0.25, 0.3) is 0 Å². The smallest absolute Gasteiger partial charge is 0.0346 e. The molecule has 2 aliphatic rings. The summed E-state index contributed by atoms with van der Waals surface area (Å²) in [6.45, 7) is 1.05. The maximum atomic E-state index is 3.84. The molecule has 2 saturated carbocycles. The van der Waals surface area contributed by atoms with Crippen LogP contribution in [0, 0.1) is 11.8 Å². The first-order valence-electron chi connectivity index (χ1n) is 7.78. The maximum Gasteiger partial charge on any atom is 0.0346 e. The number of thiophene rings is 1. The Morgan fingerprint density at radius 2 is 1.65 bits per heavy atom. The molecule has 1 N–H and O–H groups in total. The van der Waals surface area contributed by atoms with E-state index in [-0.39, 0.29) is 0 Å². The van der Waals surface area contributed by atoms with Crippen molar-refractivity contribution in [2.75, 3.05) is 0 Å². The van der Waals surface area contributed by atoms with E-state index in [2.05, 4.69) is 47.8 Å². The van der Waals surface area contributed by atoms with E-state index in [0.29, 0.717) is 0 Å². The Morgan fingerprint density at radius 1 is 0.950 bits per heavy atom. The minimum atomic E-state index is 0.803. The molecule has 1 aromatic heterocycles. The summed E-state index contributed by atoms with van der Waals surface area (Å²) in [5.41, 5.74) is 1.34. The fourth-order valence-electron chi connectivity index (χ4n) is 3.08. The van der Waals surface area contributed by atoms with Gasteiger partial charge in [0.15, 0.2) is 0 Å². The third-order valence-electron chi connectivity index (χ3n) is 4.49. The van der Waals surface area contributed by atoms with Gasteiger partial charge in [0.1, 0.15) is 0 Å². The van der Waals surface area contributed by atoms with E-state index in [4.69, 9.17) is 0 Å². The average Bonchev–Trinajstić information content (AvgIpc) is 3.41. The molecule has 0 atom stereocenters. The summed E-state index contributed by atoms with van der Waals surface area (Å²) in [6.07, 6.45) is 5.81. The van der Waals surface area contributed by atoms with Crippen LogP contribution in [0.1, 0.15) is 30.6 Å². The van der Waals surface area contributed by atoms with Crippen LogP contribution >= 0.6 is 11.3 Å². The van der Waals surface area contributed by atoms with Crippen LogP contribution < -0.4 is 5.32 Å². The Labute approximate surface area is 125 Å². The standard InChI is InChI=1S/C18H21NS/c1-2-4-13(5-3-1)17-11-10-16(20-17)12-19-18(14-6-7-14)15-8-9-15/h1-5,10-11,14-15,18-19H,6-9,12H2. The number of hydrogen-bond donors (Lipinski definition) is 1. The van der Waals surface area contributed by atoms with Crippen molar-refractivity contribution in [1.29, 1.82) is 0 Å². The number of nitrogens with one attached hydrogen (secondary N) is 1. The van der Waals surface area contributed by atoms with Crippen LogP contribution in [-0.4, -0.2) is 6.04 Å². The van der Waals surface area contributed by atoms with Crippen molar-refractivity contribution in [2.45, 2.75) is 38.3 Å².